The molecule has 2 aromatic rings. The molecule has 0 bridgehead atoms. The number of sulfonamides is 1. The number of hydrogen-bond donors (Lipinski definition) is 0. The molecular weight excluding hydrogens is 362 g/mol. The van der Waals surface area contributed by atoms with Crippen LogP contribution in [-0.4, -0.2) is 36.9 Å². The molecule has 2 heterocycles. The van der Waals surface area contributed by atoms with Gasteiger partial charge in [0.25, 0.3) is 0 Å². The third-order valence-corrected chi connectivity index (χ3v) is 6.18. The predicted octanol–water partition coefficient (Wildman–Crippen LogP) is 2.76. The van der Waals surface area contributed by atoms with Crippen LogP contribution >= 0.6 is 11.6 Å². The minimum Gasteiger partial charge on any atom is -0.487 e. The number of pyridine rings is 1. The Morgan fingerprint density at radius 2 is 2.20 bits per heavy atom. The highest BCUT2D eigenvalue weighted by molar-refractivity contribution is 7.89. The summed E-state index contributed by atoms with van der Waals surface area (Å²) in [6.45, 7) is 2.38. The van der Waals surface area contributed by atoms with Crippen LogP contribution in [0, 0.1) is 18.3 Å². The van der Waals surface area contributed by atoms with Gasteiger partial charge in [0.1, 0.15) is 22.8 Å². The number of halogens is 1. The molecule has 0 saturated carbocycles. The van der Waals surface area contributed by atoms with E-state index in [2.05, 4.69) is 4.98 Å². The second kappa shape index (κ2) is 7.00. The Kier molecular flexibility index (Phi) is 4.95. The van der Waals surface area contributed by atoms with Gasteiger partial charge in [0, 0.05) is 17.8 Å². The largest absolute Gasteiger partial charge is 0.487 e. The molecule has 1 fully saturated rings. The molecule has 0 unspecified atom stereocenters. The summed E-state index contributed by atoms with van der Waals surface area (Å²) in [4.78, 5) is 4.09. The highest BCUT2D eigenvalue weighted by Gasteiger charge is 2.35. The van der Waals surface area contributed by atoms with Gasteiger partial charge in [0.05, 0.1) is 17.8 Å². The summed E-state index contributed by atoms with van der Waals surface area (Å²) in [5.74, 6) is 0.646. The number of nitrogens with zero attached hydrogens (tertiary/aromatic N) is 3. The third-order valence-electron chi connectivity index (χ3n) is 4.04. The molecule has 1 aromatic heterocycles. The van der Waals surface area contributed by atoms with Crippen LogP contribution in [-0.2, 0) is 10.0 Å². The van der Waals surface area contributed by atoms with Gasteiger partial charge in [0.15, 0.2) is 0 Å². The van der Waals surface area contributed by atoms with Crippen LogP contribution < -0.4 is 4.74 Å². The van der Waals surface area contributed by atoms with Crippen LogP contribution in [0.5, 0.6) is 5.75 Å². The Labute approximate surface area is 151 Å². The first-order valence-corrected chi connectivity index (χ1v) is 9.51. The lowest BCUT2D eigenvalue weighted by Crippen LogP contribution is -2.31. The first-order chi connectivity index (χ1) is 11.9. The van der Waals surface area contributed by atoms with Crippen LogP contribution in [0.4, 0.5) is 0 Å². The van der Waals surface area contributed by atoms with Gasteiger partial charge in [-0.1, -0.05) is 11.6 Å². The average molecular weight is 378 g/mol. The van der Waals surface area contributed by atoms with Crippen molar-refractivity contribution in [2.75, 3.05) is 13.1 Å². The van der Waals surface area contributed by atoms with E-state index in [9.17, 15) is 13.7 Å². The molecule has 0 spiro atoms. The monoisotopic (exact) mass is 377 g/mol. The van der Waals surface area contributed by atoms with E-state index in [1.165, 1.54) is 22.5 Å². The summed E-state index contributed by atoms with van der Waals surface area (Å²) in [7, 11) is -3.81. The number of benzene rings is 1. The Balaban J connectivity index is 1.81. The van der Waals surface area contributed by atoms with Crippen molar-refractivity contribution < 1.29 is 13.2 Å². The van der Waals surface area contributed by atoms with Crippen molar-refractivity contribution in [1.82, 2.24) is 9.29 Å². The second-order valence-corrected chi connectivity index (χ2v) is 8.07. The lowest BCUT2D eigenvalue weighted by atomic mass is 10.2. The van der Waals surface area contributed by atoms with Crippen molar-refractivity contribution in [3.63, 3.8) is 0 Å². The molecule has 0 amide bonds. The molecule has 1 aliphatic heterocycles. The van der Waals surface area contributed by atoms with E-state index < -0.39 is 10.0 Å². The molecular formula is C17H16ClN3O3S. The van der Waals surface area contributed by atoms with E-state index in [1.54, 1.807) is 12.3 Å². The van der Waals surface area contributed by atoms with Gasteiger partial charge in [-0.2, -0.15) is 9.57 Å². The van der Waals surface area contributed by atoms with Gasteiger partial charge in [-0.05, 0) is 43.7 Å². The fraction of sp³-hybridized carbons (Fsp3) is 0.294. The van der Waals surface area contributed by atoms with E-state index in [4.69, 9.17) is 16.3 Å². The van der Waals surface area contributed by atoms with Crippen LogP contribution in [0.15, 0.2) is 41.4 Å². The fourth-order valence-corrected chi connectivity index (χ4v) is 4.62. The van der Waals surface area contributed by atoms with Crippen molar-refractivity contribution in [1.29, 1.82) is 5.26 Å². The van der Waals surface area contributed by atoms with E-state index in [-0.39, 0.29) is 28.1 Å². The highest BCUT2D eigenvalue weighted by Crippen LogP contribution is 2.28. The molecule has 0 aliphatic carbocycles. The van der Waals surface area contributed by atoms with Crippen molar-refractivity contribution in [2.45, 2.75) is 24.3 Å². The van der Waals surface area contributed by atoms with Gasteiger partial charge < -0.3 is 4.74 Å². The maximum Gasteiger partial charge on any atom is 0.244 e. The summed E-state index contributed by atoms with van der Waals surface area (Å²) in [5, 5.41) is 9.46. The predicted molar refractivity (Wildman–Crippen MR) is 92.9 cm³/mol. The van der Waals surface area contributed by atoms with Crippen LogP contribution in [0.25, 0.3) is 0 Å². The van der Waals surface area contributed by atoms with E-state index in [1.807, 2.05) is 19.1 Å². The SMILES string of the molecule is Cc1ncccc1O[C@H]1CCN(S(=O)(=O)c2cc(Cl)ccc2C#N)C1. The molecule has 1 aromatic carbocycles. The van der Waals surface area contributed by atoms with Crippen LogP contribution in [0.2, 0.25) is 5.02 Å². The van der Waals surface area contributed by atoms with Gasteiger partial charge >= 0.3 is 0 Å². The van der Waals surface area contributed by atoms with Crippen molar-refractivity contribution in [2.24, 2.45) is 0 Å². The normalized spacial score (nSPS) is 18.0. The lowest BCUT2D eigenvalue weighted by molar-refractivity contribution is 0.213. The molecule has 1 atom stereocenters. The number of ether oxygens (including phenoxy) is 1. The van der Waals surface area contributed by atoms with Crippen molar-refractivity contribution >= 4 is 21.6 Å². The molecule has 3 rings (SSSR count). The number of nitriles is 1. The Hall–Kier alpha value is -2.14. The third kappa shape index (κ3) is 3.61. The molecule has 25 heavy (non-hydrogen) atoms. The molecule has 8 heteroatoms. The van der Waals surface area contributed by atoms with Gasteiger partial charge in [-0.3, -0.25) is 4.98 Å². The van der Waals surface area contributed by atoms with Crippen LogP contribution in [0.1, 0.15) is 17.7 Å². The topological polar surface area (TPSA) is 83.3 Å². The van der Waals surface area contributed by atoms with E-state index in [0.29, 0.717) is 18.7 Å². The van der Waals surface area contributed by atoms with E-state index >= 15 is 0 Å². The molecule has 130 valence electrons. The zero-order valence-electron chi connectivity index (χ0n) is 13.5. The zero-order chi connectivity index (χ0) is 18.0. The Bertz CT molecular complexity index is 940. The highest BCUT2D eigenvalue weighted by atomic mass is 35.5. The van der Waals surface area contributed by atoms with Crippen molar-refractivity contribution in [3.05, 3.63) is 52.8 Å². The number of aryl methyl sites for hydroxylation is 1. The molecule has 1 saturated heterocycles. The maximum atomic E-state index is 12.9. The van der Waals surface area contributed by atoms with Crippen LogP contribution in [0.3, 0.4) is 0 Å². The summed E-state index contributed by atoms with van der Waals surface area (Å²) in [5.41, 5.74) is 0.835. The van der Waals surface area contributed by atoms with Gasteiger partial charge in [0.2, 0.25) is 10.0 Å². The summed E-state index contributed by atoms with van der Waals surface area (Å²) < 4.78 is 33.0. The van der Waals surface area contributed by atoms with Gasteiger partial charge in [-0.15, -0.1) is 0 Å². The summed E-state index contributed by atoms with van der Waals surface area (Å²) >= 11 is 5.92. The summed E-state index contributed by atoms with van der Waals surface area (Å²) in [6.07, 6.45) is 1.98. The molecule has 0 radical (unpaired) electrons. The molecule has 6 nitrogen and oxygen atoms in total. The first kappa shape index (κ1) is 17.7. The smallest absolute Gasteiger partial charge is 0.244 e. The Morgan fingerprint density at radius 1 is 1.40 bits per heavy atom. The van der Waals surface area contributed by atoms with Gasteiger partial charge in [-0.25, -0.2) is 8.42 Å². The molecule has 1 aliphatic rings. The molecule has 0 N–H and O–H groups in total. The van der Waals surface area contributed by atoms with E-state index in [0.717, 1.165) is 5.69 Å². The minimum atomic E-state index is -3.81. The standard InChI is InChI=1S/C17H16ClN3O3S/c1-12-16(3-2-7-20-12)24-15-6-8-21(11-15)25(22,23)17-9-14(18)5-4-13(17)10-19/h2-5,7,9,15H,6,8,11H2,1H3/t15-/m0/s1. The minimum absolute atomic E-state index is 0.0688. The Morgan fingerprint density at radius 3 is 2.92 bits per heavy atom. The quantitative estimate of drug-likeness (QED) is 0.818. The number of rotatable bonds is 4. The summed E-state index contributed by atoms with van der Waals surface area (Å²) in [6, 6.07) is 9.72. The second-order valence-electron chi connectivity index (χ2n) is 5.73. The van der Waals surface area contributed by atoms with Crippen molar-refractivity contribution in [3.8, 4) is 11.8 Å². The first-order valence-electron chi connectivity index (χ1n) is 7.70. The maximum absolute atomic E-state index is 12.9. The average Bonchev–Trinajstić information content (AvgIpc) is 3.06. The number of hydrogen-bond acceptors (Lipinski definition) is 5. The zero-order valence-corrected chi connectivity index (χ0v) is 15.1. The number of aromatic nitrogens is 1. The lowest BCUT2D eigenvalue weighted by Gasteiger charge is -2.18. The fourth-order valence-electron chi connectivity index (χ4n) is 2.73.